The molecule has 0 N–H and O–H groups in total. The summed E-state index contributed by atoms with van der Waals surface area (Å²) in [6.45, 7) is 5.74. The second-order valence-electron chi connectivity index (χ2n) is 7.89. The van der Waals surface area contributed by atoms with E-state index in [0.717, 1.165) is 25.0 Å². The summed E-state index contributed by atoms with van der Waals surface area (Å²) in [5.41, 5.74) is -0.194. The first-order valence-electron chi connectivity index (χ1n) is 9.97. The van der Waals surface area contributed by atoms with E-state index in [0.29, 0.717) is 36.5 Å². The molecule has 1 aliphatic carbocycles. The highest BCUT2D eigenvalue weighted by Gasteiger charge is 2.37. The maximum absolute atomic E-state index is 13.0. The fourth-order valence-corrected chi connectivity index (χ4v) is 3.35. The third-order valence-corrected chi connectivity index (χ3v) is 5.12. The van der Waals surface area contributed by atoms with Gasteiger partial charge in [0.05, 0.1) is 11.6 Å². The van der Waals surface area contributed by atoms with Crippen molar-refractivity contribution in [2.45, 2.75) is 77.1 Å². The molecule has 1 heterocycles. The summed E-state index contributed by atoms with van der Waals surface area (Å²) in [5, 5.41) is 3.91. The molecule has 1 atom stereocenters. The number of nitrogens with zero attached hydrogens (tertiary/aromatic N) is 3. The molecule has 0 spiro atoms. The maximum atomic E-state index is 13.0. The van der Waals surface area contributed by atoms with Crippen LogP contribution < -0.4 is 0 Å². The number of carbonyl (C=O) groups is 1. The molecule has 1 fully saturated rings. The van der Waals surface area contributed by atoms with Crippen LogP contribution in [-0.4, -0.2) is 27.0 Å². The normalized spacial score (nSPS) is 15.6. The lowest BCUT2D eigenvalue weighted by Gasteiger charge is -2.30. The predicted octanol–water partition coefficient (Wildman–Crippen LogP) is 5.29. The van der Waals surface area contributed by atoms with Gasteiger partial charge in [-0.3, -0.25) is 4.79 Å². The quantitative estimate of drug-likeness (QED) is 0.595. The van der Waals surface area contributed by atoms with Crippen LogP contribution in [0.15, 0.2) is 28.8 Å². The number of benzene rings is 1. The van der Waals surface area contributed by atoms with Crippen molar-refractivity contribution in [3.8, 4) is 0 Å². The Labute approximate surface area is 168 Å². The highest BCUT2D eigenvalue weighted by Crippen LogP contribution is 2.37. The predicted molar refractivity (Wildman–Crippen MR) is 101 cm³/mol. The molecule has 1 aliphatic rings. The number of rotatable bonds is 8. The molecule has 8 heteroatoms. The zero-order valence-corrected chi connectivity index (χ0v) is 16.9. The van der Waals surface area contributed by atoms with Crippen LogP contribution >= 0.6 is 0 Å². The number of aryl methyl sites for hydroxylation is 1. The molecule has 0 aliphatic heterocycles. The van der Waals surface area contributed by atoms with E-state index in [1.807, 2.05) is 13.8 Å². The smallest absolute Gasteiger partial charge is 0.339 e. The molecular weight excluding hydrogens is 383 g/mol. The second kappa shape index (κ2) is 8.55. The van der Waals surface area contributed by atoms with Gasteiger partial charge >= 0.3 is 6.18 Å². The number of amides is 1. The van der Waals surface area contributed by atoms with Gasteiger partial charge in [0.2, 0.25) is 11.8 Å². The third kappa shape index (κ3) is 5.36. The van der Waals surface area contributed by atoms with Crippen LogP contribution in [0.5, 0.6) is 0 Å². The van der Waals surface area contributed by atoms with Crippen LogP contribution in [0.25, 0.3) is 0 Å². The molecule has 1 amide bonds. The average molecular weight is 409 g/mol. The molecule has 5 nitrogen and oxygen atoms in total. The van der Waals surface area contributed by atoms with E-state index in [4.69, 9.17) is 4.52 Å². The van der Waals surface area contributed by atoms with Crippen LogP contribution in [0.2, 0.25) is 0 Å². The van der Waals surface area contributed by atoms with Gasteiger partial charge in [-0.05, 0) is 43.9 Å². The van der Waals surface area contributed by atoms with Gasteiger partial charge in [-0.25, -0.2) is 0 Å². The lowest BCUT2D eigenvalue weighted by Crippen LogP contribution is -2.35. The standard InChI is InChI=1S/C21H26F3N3O2/c1-13(2)20-25-18(29-26-20)8-5-9-19(28)27(17-10-11-17)14(3)15-6-4-7-16(12-15)21(22,23)24/h4,6-7,12-14,17H,5,8-11H2,1-3H3. The van der Waals surface area contributed by atoms with Crippen LogP contribution in [0.4, 0.5) is 13.2 Å². The number of hydrogen-bond acceptors (Lipinski definition) is 4. The molecule has 1 aromatic heterocycles. The number of alkyl halides is 3. The highest BCUT2D eigenvalue weighted by atomic mass is 19.4. The molecular formula is C21H26F3N3O2. The minimum absolute atomic E-state index is 0.0546. The van der Waals surface area contributed by atoms with Crippen molar-refractivity contribution in [1.29, 1.82) is 0 Å². The van der Waals surface area contributed by atoms with Crippen LogP contribution in [0.1, 0.15) is 81.3 Å². The van der Waals surface area contributed by atoms with Crippen molar-refractivity contribution in [2.24, 2.45) is 0 Å². The van der Waals surface area contributed by atoms with Gasteiger partial charge < -0.3 is 9.42 Å². The van der Waals surface area contributed by atoms with E-state index >= 15 is 0 Å². The molecule has 1 unspecified atom stereocenters. The van der Waals surface area contributed by atoms with Gasteiger partial charge in [-0.15, -0.1) is 0 Å². The Hall–Kier alpha value is -2.38. The Bertz CT molecular complexity index is 844. The molecule has 1 saturated carbocycles. The van der Waals surface area contributed by atoms with Crippen molar-refractivity contribution in [3.05, 3.63) is 47.1 Å². The zero-order chi connectivity index (χ0) is 21.2. The minimum atomic E-state index is -4.40. The molecule has 1 aromatic carbocycles. The topological polar surface area (TPSA) is 59.2 Å². The Morgan fingerprint density at radius 3 is 2.59 bits per heavy atom. The summed E-state index contributed by atoms with van der Waals surface area (Å²) in [6.07, 6.45) is -1.28. The van der Waals surface area contributed by atoms with Crippen molar-refractivity contribution >= 4 is 5.91 Å². The summed E-state index contributed by atoms with van der Waals surface area (Å²) in [5.74, 6) is 1.27. The second-order valence-corrected chi connectivity index (χ2v) is 7.89. The van der Waals surface area contributed by atoms with E-state index in [2.05, 4.69) is 10.1 Å². The van der Waals surface area contributed by atoms with E-state index in [1.165, 1.54) is 6.07 Å². The van der Waals surface area contributed by atoms with Crippen molar-refractivity contribution in [1.82, 2.24) is 15.0 Å². The largest absolute Gasteiger partial charge is 0.416 e. The Kier molecular flexibility index (Phi) is 6.29. The molecule has 0 bridgehead atoms. The summed E-state index contributed by atoms with van der Waals surface area (Å²) in [4.78, 5) is 18.9. The first-order chi connectivity index (χ1) is 13.7. The Morgan fingerprint density at radius 1 is 1.28 bits per heavy atom. The number of aromatic nitrogens is 2. The van der Waals surface area contributed by atoms with Crippen LogP contribution in [-0.2, 0) is 17.4 Å². The van der Waals surface area contributed by atoms with Gasteiger partial charge in [-0.2, -0.15) is 18.2 Å². The highest BCUT2D eigenvalue weighted by molar-refractivity contribution is 5.77. The molecule has 3 rings (SSSR count). The average Bonchev–Trinajstić information content (AvgIpc) is 3.37. The Morgan fingerprint density at radius 2 is 2.00 bits per heavy atom. The SMILES string of the molecule is CC(C)c1noc(CCCC(=O)N(C2CC2)C(C)c2cccc(C(F)(F)F)c2)n1. The summed E-state index contributed by atoms with van der Waals surface area (Å²) >= 11 is 0. The van der Waals surface area contributed by atoms with E-state index in [-0.39, 0.29) is 17.9 Å². The van der Waals surface area contributed by atoms with Gasteiger partial charge in [0, 0.05) is 24.8 Å². The van der Waals surface area contributed by atoms with E-state index in [9.17, 15) is 18.0 Å². The third-order valence-electron chi connectivity index (χ3n) is 5.12. The molecule has 0 radical (unpaired) electrons. The maximum Gasteiger partial charge on any atom is 0.416 e. The van der Waals surface area contributed by atoms with Crippen LogP contribution in [0.3, 0.4) is 0 Å². The molecule has 2 aromatic rings. The summed E-state index contributed by atoms with van der Waals surface area (Å²) < 4.78 is 44.3. The fourth-order valence-electron chi connectivity index (χ4n) is 3.35. The van der Waals surface area contributed by atoms with E-state index in [1.54, 1.807) is 17.9 Å². The monoisotopic (exact) mass is 409 g/mol. The fraction of sp³-hybridized carbons (Fsp3) is 0.571. The minimum Gasteiger partial charge on any atom is -0.339 e. The summed E-state index contributed by atoms with van der Waals surface area (Å²) in [7, 11) is 0. The molecule has 29 heavy (non-hydrogen) atoms. The van der Waals surface area contributed by atoms with E-state index < -0.39 is 17.8 Å². The lowest BCUT2D eigenvalue weighted by atomic mass is 10.0. The Balaban J connectivity index is 1.63. The number of hydrogen-bond donors (Lipinski definition) is 0. The molecule has 0 saturated heterocycles. The van der Waals surface area contributed by atoms with Gasteiger partial charge in [0.1, 0.15) is 0 Å². The number of halogens is 3. The van der Waals surface area contributed by atoms with Gasteiger partial charge in [-0.1, -0.05) is 31.1 Å². The molecule has 158 valence electrons. The van der Waals surface area contributed by atoms with Crippen molar-refractivity contribution in [3.63, 3.8) is 0 Å². The summed E-state index contributed by atoms with van der Waals surface area (Å²) in [6, 6.07) is 4.92. The van der Waals surface area contributed by atoms with Crippen molar-refractivity contribution < 1.29 is 22.5 Å². The first-order valence-corrected chi connectivity index (χ1v) is 9.97. The van der Waals surface area contributed by atoms with Gasteiger partial charge in [0.25, 0.3) is 0 Å². The first kappa shape index (κ1) is 21.3. The van der Waals surface area contributed by atoms with Crippen LogP contribution in [0, 0.1) is 0 Å². The van der Waals surface area contributed by atoms with Gasteiger partial charge in [0.15, 0.2) is 5.82 Å². The zero-order valence-electron chi connectivity index (χ0n) is 16.9. The number of carbonyl (C=O) groups excluding carboxylic acids is 1. The lowest BCUT2D eigenvalue weighted by molar-refractivity contribution is -0.137. The van der Waals surface area contributed by atoms with Crippen molar-refractivity contribution in [2.75, 3.05) is 0 Å².